The van der Waals surface area contributed by atoms with Gasteiger partial charge in [0.2, 0.25) is 0 Å². The summed E-state index contributed by atoms with van der Waals surface area (Å²) in [7, 11) is 1.65. The van der Waals surface area contributed by atoms with Crippen molar-refractivity contribution in [3.05, 3.63) is 65.2 Å². The minimum atomic E-state index is -0.240. The van der Waals surface area contributed by atoms with E-state index in [1.54, 1.807) is 7.11 Å². The first-order chi connectivity index (χ1) is 13.0. The third kappa shape index (κ3) is 2.86. The molecule has 2 aromatic carbocycles. The Morgan fingerprint density at radius 2 is 1.81 bits per heavy atom. The maximum atomic E-state index is 13.1. The van der Waals surface area contributed by atoms with E-state index < -0.39 is 0 Å². The molecule has 4 rings (SSSR count). The van der Waals surface area contributed by atoms with Crippen molar-refractivity contribution in [2.24, 2.45) is 17.3 Å². The summed E-state index contributed by atoms with van der Waals surface area (Å²) >= 11 is 0. The number of allylic oxidation sites excluding steroid dienone is 1. The summed E-state index contributed by atoms with van der Waals surface area (Å²) in [6.45, 7) is 6.84. The van der Waals surface area contributed by atoms with Crippen molar-refractivity contribution in [1.29, 1.82) is 0 Å². The molecule has 2 aromatic rings. The minimum Gasteiger partial charge on any atom is -0.497 e. The monoisotopic (exact) mass is 362 g/mol. The lowest BCUT2D eigenvalue weighted by molar-refractivity contribution is -0.136. The van der Waals surface area contributed by atoms with Gasteiger partial charge in [-0.05, 0) is 65.0 Å². The van der Waals surface area contributed by atoms with Crippen LogP contribution in [0.25, 0.3) is 11.1 Å². The Bertz CT molecular complexity index is 905. The fraction of sp³-hybridized carbons (Fsp3) is 0.375. The lowest BCUT2D eigenvalue weighted by atomic mass is 9.82. The van der Waals surface area contributed by atoms with E-state index >= 15 is 0 Å². The number of carbonyl (C=O) groups excluding carboxylic acids is 1. The highest BCUT2D eigenvalue weighted by Crippen LogP contribution is 2.68. The average Bonchev–Trinajstić information content (AvgIpc) is 3.22. The van der Waals surface area contributed by atoms with Crippen LogP contribution in [0.3, 0.4) is 0 Å². The van der Waals surface area contributed by atoms with E-state index in [4.69, 9.17) is 9.47 Å². The van der Waals surface area contributed by atoms with Crippen molar-refractivity contribution in [2.75, 3.05) is 13.7 Å². The number of benzene rings is 2. The zero-order valence-electron chi connectivity index (χ0n) is 16.4. The molecule has 0 spiro atoms. The molecule has 2 atom stereocenters. The van der Waals surface area contributed by atoms with Crippen LogP contribution in [0.5, 0.6) is 5.75 Å². The molecule has 1 saturated carbocycles. The largest absolute Gasteiger partial charge is 0.497 e. The Balaban J connectivity index is 1.95. The van der Waals surface area contributed by atoms with Crippen LogP contribution in [-0.2, 0) is 16.0 Å². The number of rotatable bonds is 4. The van der Waals surface area contributed by atoms with Crippen LogP contribution in [0, 0.1) is 17.3 Å². The number of esters is 1. The van der Waals surface area contributed by atoms with Crippen LogP contribution in [0.15, 0.2) is 48.5 Å². The van der Waals surface area contributed by atoms with Gasteiger partial charge in [-0.25, -0.2) is 4.79 Å². The standard InChI is InChI=1S/C24H26O3/c1-5-27-23(25)20(15-10-12-17(26-4)13-11-15)21-18-9-7-6-8-16(18)14-19-22(21)24(19,2)3/h6-13,19,22H,5,14H2,1-4H3/b21-20-/t19-,22-/m1/s1. The quantitative estimate of drug-likeness (QED) is 0.567. The summed E-state index contributed by atoms with van der Waals surface area (Å²) in [5, 5.41) is 0. The fourth-order valence-corrected chi connectivity index (χ4v) is 4.70. The Labute approximate surface area is 161 Å². The average molecular weight is 362 g/mol. The Morgan fingerprint density at radius 3 is 2.48 bits per heavy atom. The number of fused-ring (bicyclic) bond motifs is 2. The summed E-state index contributed by atoms with van der Waals surface area (Å²) in [6.07, 6.45) is 1.08. The molecule has 27 heavy (non-hydrogen) atoms. The normalized spacial score (nSPS) is 23.7. The summed E-state index contributed by atoms with van der Waals surface area (Å²) in [5.41, 5.74) is 5.46. The Hall–Kier alpha value is -2.55. The zero-order chi connectivity index (χ0) is 19.2. The SMILES string of the molecule is CCOC(=O)/C(=C1/c2ccccc2C[C@@H]2[C@H]1C2(C)C)c1ccc(OC)cc1. The van der Waals surface area contributed by atoms with Gasteiger partial charge < -0.3 is 9.47 Å². The summed E-state index contributed by atoms with van der Waals surface area (Å²) in [5.74, 6) is 1.50. The highest BCUT2D eigenvalue weighted by molar-refractivity contribution is 6.25. The second kappa shape index (κ2) is 6.56. The topological polar surface area (TPSA) is 35.5 Å². The predicted molar refractivity (Wildman–Crippen MR) is 107 cm³/mol. The predicted octanol–water partition coefficient (Wildman–Crippen LogP) is 5.00. The molecule has 3 nitrogen and oxygen atoms in total. The zero-order valence-corrected chi connectivity index (χ0v) is 16.4. The maximum absolute atomic E-state index is 13.1. The van der Waals surface area contributed by atoms with Gasteiger partial charge in [0.1, 0.15) is 5.75 Å². The van der Waals surface area contributed by atoms with Gasteiger partial charge in [-0.3, -0.25) is 0 Å². The lowest BCUT2D eigenvalue weighted by Gasteiger charge is -2.22. The van der Waals surface area contributed by atoms with Crippen molar-refractivity contribution in [2.45, 2.75) is 27.2 Å². The van der Waals surface area contributed by atoms with E-state index in [1.165, 1.54) is 11.1 Å². The number of carbonyl (C=O) groups is 1. The molecular weight excluding hydrogens is 336 g/mol. The molecule has 3 heteroatoms. The van der Waals surface area contributed by atoms with Crippen LogP contribution in [0.4, 0.5) is 0 Å². The van der Waals surface area contributed by atoms with Gasteiger partial charge in [-0.2, -0.15) is 0 Å². The van der Waals surface area contributed by atoms with Crippen LogP contribution in [-0.4, -0.2) is 19.7 Å². The number of hydrogen-bond acceptors (Lipinski definition) is 3. The van der Waals surface area contributed by atoms with Crippen molar-refractivity contribution in [3.63, 3.8) is 0 Å². The molecule has 0 radical (unpaired) electrons. The summed E-state index contributed by atoms with van der Waals surface area (Å²) in [4.78, 5) is 13.1. The van der Waals surface area contributed by atoms with Gasteiger partial charge in [0.05, 0.1) is 19.3 Å². The molecule has 2 aliphatic carbocycles. The molecule has 140 valence electrons. The highest BCUT2D eigenvalue weighted by atomic mass is 16.5. The lowest BCUT2D eigenvalue weighted by Crippen LogP contribution is -2.14. The van der Waals surface area contributed by atoms with Gasteiger partial charge in [0.25, 0.3) is 0 Å². The van der Waals surface area contributed by atoms with Crippen LogP contribution < -0.4 is 4.74 Å². The van der Waals surface area contributed by atoms with Crippen LogP contribution in [0.1, 0.15) is 37.5 Å². The molecule has 0 bridgehead atoms. The molecule has 0 amide bonds. The molecule has 0 N–H and O–H groups in total. The van der Waals surface area contributed by atoms with Crippen molar-refractivity contribution >= 4 is 17.1 Å². The van der Waals surface area contributed by atoms with Gasteiger partial charge in [0, 0.05) is 0 Å². The van der Waals surface area contributed by atoms with Gasteiger partial charge >= 0.3 is 5.97 Å². The van der Waals surface area contributed by atoms with Crippen LogP contribution >= 0.6 is 0 Å². The smallest absolute Gasteiger partial charge is 0.339 e. The first kappa shape index (κ1) is 17.8. The summed E-state index contributed by atoms with van der Waals surface area (Å²) in [6, 6.07) is 16.2. The third-order valence-corrected chi connectivity index (χ3v) is 6.24. The van der Waals surface area contributed by atoms with Gasteiger partial charge in [-0.15, -0.1) is 0 Å². The van der Waals surface area contributed by atoms with E-state index in [1.807, 2.05) is 31.2 Å². The van der Waals surface area contributed by atoms with Crippen molar-refractivity contribution < 1.29 is 14.3 Å². The first-order valence-electron chi connectivity index (χ1n) is 9.63. The molecule has 0 unspecified atom stereocenters. The number of ether oxygens (including phenoxy) is 2. The minimum absolute atomic E-state index is 0.193. The molecule has 0 aliphatic heterocycles. The van der Waals surface area contributed by atoms with Crippen LogP contribution in [0.2, 0.25) is 0 Å². The van der Waals surface area contributed by atoms with E-state index in [9.17, 15) is 4.79 Å². The number of methoxy groups -OCH3 is 1. The summed E-state index contributed by atoms with van der Waals surface area (Å²) < 4.78 is 10.8. The van der Waals surface area contributed by atoms with E-state index in [0.717, 1.165) is 23.3 Å². The Morgan fingerprint density at radius 1 is 1.11 bits per heavy atom. The molecule has 0 heterocycles. The van der Waals surface area contributed by atoms with Gasteiger partial charge in [0.15, 0.2) is 0 Å². The van der Waals surface area contributed by atoms with Gasteiger partial charge in [-0.1, -0.05) is 50.2 Å². The van der Waals surface area contributed by atoms with Crippen molar-refractivity contribution in [1.82, 2.24) is 0 Å². The third-order valence-electron chi connectivity index (χ3n) is 6.24. The fourth-order valence-electron chi connectivity index (χ4n) is 4.70. The molecule has 0 aromatic heterocycles. The molecule has 1 fully saturated rings. The van der Waals surface area contributed by atoms with E-state index in [0.29, 0.717) is 24.0 Å². The molecule has 2 aliphatic rings. The molecular formula is C24H26O3. The highest BCUT2D eigenvalue weighted by Gasteiger charge is 2.61. The maximum Gasteiger partial charge on any atom is 0.339 e. The first-order valence-corrected chi connectivity index (χ1v) is 9.63. The van der Waals surface area contributed by atoms with Crippen molar-refractivity contribution in [3.8, 4) is 5.75 Å². The second-order valence-corrected chi connectivity index (χ2v) is 8.00. The van der Waals surface area contributed by atoms with E-state index in [2.05, 4.69) is 38.1 Å². The number of hydrogen-bond donors (Lipinski definition) is 0. The molecule has 0 saturated heterocycles. The van der Waals surface area contributed by atoms with E-state index in [-0.39, 0.29) is 11.4 Å². The second-order valence-electron chi connectivity index (χ2n) is 8.00. The Kier molecular flexibility index (Phi) is 4.33.